The summed E-state index contributed by atoms with van der Waals surface area (Å²) in [7, 11) is 0. The summed E-state index contributed by atoms with van der Waals surface area (Å²) < 4.78 is 15.2. The van der Waals surface area contributed by atoms with Crippen LogP contribution in [0.15, 0.2) is 53.5 Å². The van der Waals surface area contributed by atoms with E-state index in [-0.39, 0.29) is 22.7 Å². The van der Waals surface area contributed by atoms with Crippen LogP contribution >= 0.6 is 0 Å². The summed E-state index contributed by atoms with van der Waals surface area (Å²) in [5.74, 6) is -0.757. The van der Waals surface area contributed by atoms with Gasteiger partial charge in [0.1, 0.15) is 11.5 Å². The molecule has 2 aromatic rings. The predicted octanol–water partition coefficient (Wildman–Crippen LogP) is 2.85. The number of carbonyl (C=O) groups excluding carboxylic acids is 1. The SMILES string of the molecule is CCN(CC)C(=O)/C(=C\c1ccccc1F)n1ccccc1=O. The predicted molar refractivity (Wildman–Crippen MR) is 89.2 cm³/mol. The van der Waals surface area contributed by atoms with E-state index in [2.05, 4.69) is 0 Å². The molecule has 0 N–H and O–H groups in total. The van der Waals surface area contributed by atoms with Gasteiger partial charge in [-0.1, -0.05) is 24.3 Å². The van der Waals surface area contributed by atoms with Gasteiger partial charge in [0.2, 0.25) is 0 Å². The van der Waals surface area contributed by atoms with Crippen molar-refractivity contribution in [2.75, 3.05) is 13.1 Å². The maximum atomic E-state index is 13.9. The number of benzene rings is 1. The Morgan fingerprint density at radius 3 is 2.39 bits per heavy atom. The molecule has 120 valence electrons. The fourth-order valence-electron chi connectivity index (χ4n) is 2.27. The third-order valence-corrected chi connectivity index (χ3v) is 3.55. The number of carbonyl (C=O) groups is 1. The Kier molecular flexibility index (Phi) is 5.46. The average molecular weight is 314 g/mol. The van der Waals surface area contributed by atoms with Crippen molar-refractivity contribution in [1.82, 2.24) is 9.47 Å². The molecule has 1 heterocycles. The van der Waals surface area contributed by atoms with E-state index in [1.54, 1.807) is 35.2 Å². The van der Waals surface area contributed by atoms with Crippen LogP contribution in [0.4, 0.5) is 4.39 Å². The lowest BCUT2D eigenvalue weighted by atomic mass is 10.1. The highest BCUT2D eigenvalue weighted by Crippen LogP contribution is 2.16. The van der Waals surface area contributed by atoms with Crippen LogP contribution in [0.5, 0.6) is 0 Å². The number of amides is 1. The first-order valence-electron chi connectivity index (χ1n) is 7.52. The third-order valence-electron chi connectivity index (χ3n) is 3.55. The quantitative estimate of drug-likeness (QED) is 0.796. The van der Waals surface area contributed by atoms with Gasteiger partial charge in [-0.15, -0.1) is 0 Å². The van der Waals surface area contributed by atoms with E-state index in [9.17, 15) is 14.0 Å². The van der Waals surface area contributed by atoms with Gasteiger partial charge in [0.25, 0.3) is 11.5 Å². The topological polar surface area (TPSA) is 42.3 Å². The fourth-order valence-corrected chi connectivity index (χ4v) is 2.27. The fraction of sp³-hybridized carbons (Fsp3) is 0.222. The Labute approximate surface area is 134 Å². The second-order valence-corrected chi connectivity index (χ2v) is 4.94. The highest BCUT2D eigenvalue weighted by molar-refractivity contribution is 6.18. The second kappa shape index (κ2) is 7.54. The van der Waals surface area contributed by atoms with Gasteiger partial charge in [0.15, 0.2) is 0 Å². The van der Waals surface area contributed by atoms with Crippen LogP contribution in [0.1, 0.15) is 19.4 Å². The first-order valence-corrected chi connectivity index (χ1v) is 7.52. The molecule has 2 rings (SSSR count). The van der Waals surface area contributed by atoms with Gasteiger partial charge in [0.05, 0.1) is 0 Å². The van der Waals surface area contributed by atoms with Gasteiger partial charge >= 0.3 is 0 Å². The molecular formula is C18H19FN2O2. The van der Waals surface area contributed by atoms with Crippen molar-refractivity contribution >= 4 is 17.7 Å². The number of aromatic nitrogens is 1. The largest absolute Gasteiger partial charge is 0.338 e. The molecule has 0 aliphatic rings. The van der Waals surface area contributed by atoms with Crippen LogP contribution < -0.4 is 5.56 Å². The van der Waals surface area contributed by atoms with Crippen LogP contribution in [-0.2, 0) is 4.79 Å². The summed E-state index contributed by atoms with van der Waals surface area (Å²) in [6.45, 7) is 4.73. The summed E-state index contributed by atoms with van der Waals surface area (Å²) in [5.41, 5.74) is 0.0544. The molecule has 23 heavy (non-hydrogen) atoms. The van der Waals surface area contributed by atoms with Crippen molar-refractivity contribution in [3.05, 3.63) is 70.4 Å². The molecule has 1 aromatic carbocycles. The number of hydrogen-bond acceptors (Lipinski definition) is 2. The van der Waals surface area contributed by atoms with Gasteiger partial charge in [-0.05, 0) is 32.1 Å². The van der Waals surface area contributed by atoms with E-state index in [1.165, 1.54) is 29.0 Å². The third kappa shape index (κ3) is 3.74. The zero-order valence-electron chi connectivity index (χ0n) is 13.2. The molecule has 0 aliphatic heterocycles. The van der Waals surface area contributed by atoms with Crippen LogP contribution in [-0.4, -0.2) is 28.5 Å². The number of hydrogen-bond donors (Lipinski definition) is 0. The van der Waals surface area contributed by atoms with Crippen molar-refractivity contribution in [2.24, 2.45) is 0 Å². The molecule has 1 amide bonds. The van der Waals surface area contributed by atoms with Crippen LogP contribution in [0.25, 0.3) is 11.8 Å². The summed E-state index contributed by atoms with van der Waals surface area (Å²) >= 11 is 0. The maximum absolute atomic E-state index is 13.9. The Hall–Kier alpha value is -2.69. The van der Waals surface area contributed by atoms with E-state index in [0.29, 0.717) is 13.1 Å². The molecule has 4 nitrogen and oxygen atoms in total. The Balaban J connectivity index is 2.61. The van der Waals surface area contributed by atoms with Crippen molar-refractivity contribution in [2.45, 2.75) is 13.8 Å². The van der Waals surface area contributed by atoms with Gasteiger partial charge in [-0.2, -0.15) is 0 Å². The van der Waals surface area contributed by atoms with E-state index in [1.807, 2.05) is 13.8 Å². The van der Waals surface area contributed by atoms with Crippen LogP contribution in [0, 0.1) is 5.82 Å². The maximum Gasteiger partial charge on any atom is 0.270 e. The highest BCUT2D eigenvalue weighted by atomic mass is 19.1. The van der Waals surface area contributed by atoms with E-state index in [4.69, 9.17) is 0 Å². The second-order valence-electron chi connectivity index (χ2n) is 4.94. The Morgan fingerprint density at radius 1 is 1.13 bits per heavy atom. The standard InChI is InChI=1S/C18H19FN2O2/c1-3-20(4-2)18(23)16(21-12-8-7-11-17(21)22)13-14-9-5-6-10-15(14)19/h5-13H,3-4H2,1-2H3/b16-13+. The minimum atomic E-state index is -0.443. The minimum absolute atomic E-state index is 0.129. The zero-order chi connectivity index (χ0) is 16.8. The summed E-state index contributed by atoms with van der Waals surface area (Å²) in [4.78, 5) is 26.4. The number of nitrogens with zero attached hydrogens (tertiary/aromatic N) is 2. The van der Waals surface area contributed by atoms with Gasteiger partial charge in [-0.3, -0.25) is 14.2 Å². The smallest absolute Gasteiger partial charge is 0.270 e. The molecule has 0 bridgehead atoms. The molecule has 0 atom stereocenters. The number of likely N-dealkylation sites (N-methyl/N-ethyl adjacent to an activating group) is 1. The lowest BCUT2D eigenvalue weighted by molar-refractivity contribution is -0.125. The van der Waals surface area contributed by atoms with E-state index < -0.39 is 5.82 Å². The van der Waals surface area contributed by atoms with Crippen LogP contribution in [0.3, 0.4) is 0 Å². The molecule has 5 heteroatoms. The minimum Gasteiger partial charge on any atom is -0.338 e. The van der Waals surface area contributed by atoms with E-state index >= 15 is 0 Å². The average Bonchev–Trinajstić information content (AvgIpc) is 2.56. The first-order chi connectivity index (χ1) is 11.1. The molecule has 0 saturated heterocycles. The molecule has 0 spiro atoms. The summed E-state index contributed by atoms with van der Waals surface area (Å²) in [5, 5.41) is 0. The van der Waals surface area contributed by atoms with Crippen LogP contribution in [0.2, 0.25) is 0 Å². The summed E-state index contributed by atoms with van der Waals surface area (Å²) in [6.07, 6.45) is 2.92. The Bertz CT molecular complexity index is 776. The van der Waals surface area contributed by atoms with E-state index in [0.717, 1.165) is 0 Å². The molecule has 0 saturated carbocycles. The van der Waals surface area contributed by atoms with Gasteiger partial charge in [0, 0.05) is 30.9 Å². The van der Waals surface area contributed by atoms with Crippen molar-refractivity contribution in [3.63, 3.8) is 0 Å². The molecule has 0 radical (unpaired) electrons. The monoisotopic (exact) mass is 314 g/mol. The highest BCUT2D eigenvalue weighted by Gasteiger charge is 2.18. The first kappa shape index (κ1) is 16.7. The molecule has 0 fully saturated rings. The van der Waals surface area contributed by atoms with Gasteiger partial charge < -0.3 is 4.90 Å². The van der Waals surface area contributed by atoms with Gasteiger partial charge in [-0.25, -0.2) is 4.39 Å². The van der Waals surface area contributed by atoms with Crippen molar-refractivity contribution in [1.29, 1.82) is 0 Å². The lowest BCUT2D eigenvalue weighted by Gasteiger charge is -2.21. The molecule has 1 aromatic heterocycles. The zero-order valence-corrected chi connectivity index (χ0v) is 13.2. The normalized spacial score (nSPS) is 11.3. The summed E-state index contributed by atoms with van der Waals surface area (Å²) in [6, 6.07) is 10.8. The Morgan fingerprint density at radius 2 is 1.78 bits per heavy atom. The lowest BCUT2D eigenvalue weighted by Crippen LogP contribution is -2.35. The molecular weight excluding hydrogens is 295 g/mol. The number of halogens is 1. The van der Waals surface area contributed by atoms with Crippen molar-refractivity contribution in [3.8, 4) is 0 Å². The molecule has 0 aliphatic carbocycles. The number of pyridine rings is 1. The van der Waals surface area contributed by atoms with Crippen molar-refractivity contribution < 1.29 is 9.18 Å². The number of rotatable bonds is 5. The molecule has 0 unspecified atom stereocenters.